The van der Waals surface area contributed by atoms with Crippen LogP contribution in [0.5, 0.6) is 5.75 Å². The maximum Gasteiger partial charge on any atom is 0.244 e. The summed E-state index contributed by atoms with van der Waals surface area (Å²) >= 11 is 0. The number of aryl methyl sites for hydroxylation is 1. The van der Waals surface area contributed by atoms with E-state index in [1.807, 2.05) is 13.8 Å². The third kappa shape index (κ3) is 7.94. The number of carbonyl (C=O) groups excluding carboxylic acids is 2. The van der Waals surface area contributed by atoms with Gasteiger partial charge in [0, 0.05) is 13.1 Å². The van der Waals surface area contributed by atoms with Crippen molar-refractivity contribution in [3.05, 3.63) is 59.4 Å². The molecule has 0 fully saturated rings. The van der Waals surface area contributed by atoms with Crippen LogP contribution in [0.25, 0.3) is 0 Å². The number of benzene rings is 2. The Balaban J connectivity index is 2.48. The molecule has 36 heavy (non-hydrogen) atoms. The molecule has 0 aliphatic heterocycles. The van der Waals surface area contributed by atoms with Gasteiger partial charge in [-0.2, -0.15) is 0 Å². The Kier molecular flexibility index (Phi) is 10.3. The molecule has 0 bridgehead atoms. The molecule has 10 heteroatoms. The molecule has 0 heterocycles. The topological polar surface area (TPSA) is 96.0 Å². The van der Waals surface area contributed by atoms with Crippen molar-refractivity contribution in [3.8, 4) is 5.75 Å². The van der Waals surface area contributed by atoms with Gasteiger partial charge in [-0.3, -0.25) is 13.9 Å². The van der Waals surface area contributed by atoms with Gasteiger partial charge in [-0.25, -0.2) is 12.8 Å². The molecule has 2 amide bonds. The highest BCUT2D eigenvalue weighted by Crippen LogP contribution is 2.31. The summed E-state index contributed by atoms with van der Waals surface area (Å²) in [6.07, 6.45) is 1.32. The van der Waals surface area contributed by atoms with Crippen LogP contribution in [0.2, 0.25) is 0 Å². The first-order chi connectivity index (χ1) is 16.9. The number of hydrogen-bond donors (Lipinski definition) is 1. The summed E-state index contributed by atoms with van der Waals surface area (Å²) in [7, 11) is -2.47. The van der Waals surface area contributed by atoms with Crippen LogP contribution in [0.4, 0.5) is 10.1 Å². The van der Waals surface area contributed by atoms with Crippen LogP contribution in [0.3, 0.4) is 0 Å². The van der Waals surface area contributed by atoms with Crippen LogP contribution in [0.1, 0.15) is 38.3 Å². The van der Waals surface area contributed by atoms with Crippen LogP contribution in [-0.2, 0) is 26.2 Å². The van der Waals surface area contributed by atoms with E-state index < -0.39 is 34.3 Å². The Bertz CT molecular complexity index is 1150. The first-order valence-corrected chi connectivity index (χ1v) is 13.7. The summed E-state index contributed by atoms with van der Waals surface area (Å²) in [5, 5.41) is 2.86. The number of nitrogens with one attached hydrogen (secondary N) is 1. The van der Waals surface area contributed by atoms with E-state index in [-0.39, 0.29) is 24.1 Å². The molecule has 0 aliphatic carbocycles. The minimum atomic E-state index is -3.89. The first-order valence-electron chi connectivity index (χ1n) is 11.8. The van der Waals surface area contributed by atoms with Crippen molar-refractivity contribution >= 4 is 27.5 Å². The molecule has 1 atom stereocenters. The highest BCUT2D eigenvalue weighted by atomic mass is 32.2. The Morgan fingerprint density at radius 2 is 1.75 bits per heavy atom. The van der Waals surface area contributed by atoms with Gasteiger partial charge in [0.25, 0.3) is 0 Å². The van der Waals surface area contributed by atoms with E-state index in [0.29, 0.717) is 24.3 Å². The summed E-state index contributed by atoms with van der Waals surface area (Å²) in [6, 6.07) is 9.82. The summed E-state index contributed by atoms with van der Waals surface area (Å²) in [4.78, 5) is 28.1. The number of rotatable bonds is 12. The summed E-state index contributed by atoms with van der Waals surface area (Å²) in [5.41, 5.74) is 1.63. The molecule has 198 valence electrons. The number of halogens is 1. The summed E-state index contributed by atoms with van der Waals surface area (Å²) in [6.45, 7) is 7.41. The fourth-order valence-electron chi connectivity index (χ4n) is 3.72. The molecule has 0 saturated carbocycles. The van der Waals surface area contributed by atoms with Crippen molar-refractivity contribution in [2.24, 2.45) is 5.92 Å². The lowest BCUT2D eigenvalue weighted by Crippen LogP contribution is -2.52. The van der Waals surface area contributed by atoms with E-state index in [9.17, 15) is 22.4 Å². The largest absolute Gasteiger partial charge is 0.495 e. The van der Waals surface area contributed by atoms with Crippen LogP contribution in [0, 0.1) is 18.7 Å². The van der Waals surface area contributed by atoms with E-state index in [2.05, 4.69) is 5.32 Å². The number of sulfonamides is 1. The van der Waals surface area contributed by atoms with Crippen LogP contribution >= 0.6 is 0 Å². The zero-order valence-electron chi connectivity index (χ0n) is 21.7. The highest BCUT2D eigenvalue weighted by molar-refractivity contribution is 7.92. The minimum absolute atomic E-state index is 0.00920. The second-order valence-corrected chi connectivity index (χ2v) is 11.1. The zero-order chi connectivity index (χ0) is 27.0. The quantitative estimate of drug-likeness (QED) is 0.461. The van der Waals surface area contributed by atoms with Crippen molar-refractivity contribution < 1.29 is 27.1 Å². The molecule has 0 aliphatic rings. The highest BCUT2D eigenvalue weighted by Gasteiger charge is 2.32. The number of anilines is 1. The molecule has 0 unspecified atom stereocenters. The molecule has 0 saturated heterocycles. The van der Waals surface area contributed by atoms with Gasteiger partial charge in [-0.1, -0.05) is 39.0 Å². The van der Waals surface area contributed by atoms with Gasteiger partial charge in [0.15, 0.2) is 0 Å². The monoisotopic (exact) mass is 521 g/mol. The Labute approximate surface area is 213 Å². The second kappa shape index (κ2) is 12.7. The van der Waals surface area contributed by atoms with Crippen LogP contribution in [0.15, 0.2) is 42.5 Å². The van der Waals surface area contributed by atoms with Crippen molar-refractivity contribution in [1.82, 2.24) is 10.2 Å². The maximum absolute atomic E-state index is 13.7. The molecule has 2 aromatic rings. The standard InChI is InChI=1S/C26H36FN3O5S/c1-7-22(26(32)28-15-18(2)3)29(16-20-9-11-21(27)12-10-20)25(31)17-30(36(6,33)34)23-14-19(4)8-13-24(23)35-5/h8-14,18,22H,7,15-17H2,1-6H3,(H,28,32)/t22-/m0/s1. The lowest BCUT2D eigenvalue weighted by molar-refractivity contribution is -0.140. The predicted molar refractivity (Wildman–Crippen MR) is 139 cm³/mol. The molecule has 2 aromatic carbocycles. The fourth-order valence-corrected chi connectivity index (χ4v) is 4.56. The average Bonchev–Trinajstić information content (AvgIpc) is 2.81. The molecule has 0 spiro atoms. The molecule has 0 aromatic heterocycles. The first kappa shape index (κ1) is 29.1. The van der Waals surface area contributed by atoms with E-state index in [0.717, 1.165) is 16.1 Å². The van der Waals surface area contributed by atoms with Crippen LogP contribution < -0.4 is 14.4 Å². The predicted octanol–water partition coefficient (Wildman–Crippen LogP) is 3.49. The van der Waals surface area contributed by atoms with Gasteiger partial charge in [0.2, 0.25) is 21.8 Å². The molecular formula is C26H36FN3O5S. The maximum atomic E-state index is 13.7. The Morgan fingerprint density at radius 3 is 2.28 bits per heavy atom. The van der Waals surface area contributed by atoms with Gasteiger partial charge in [-0.05, 0) is 54.7 Å². The van der Waals surface area contributed by atoms with Gasteiger partial charge >= 0.3 is 0 Å². The molecular weight excluding hydrogens is 485 g/mol. The number of ether oxygens (including phenoxy) is 1. The lowest BCUT2D eigenvalue weighted by Gasteiger charge is -2.33. The van der Waals surface area contributed by atoms with Crippen molar-refractivity contribution in [2.45, 2.75) is 46.7 Å². The van der Waals surface area contributed by atoms with E-state index in [4.69, 9.17) is 4.74 Å². The number of nitrogens with zero attached hydrogens (tertiary/aromatic N) is 2. The minimum Gasteiger partial charge on any atom is -0.495 e. The molecule has 8 nitrogen and oxygen atoms in total. The number of hydrogen-bond acceptors (Lipinski definition) is 5. The van der Waals surface area contributed by atoms with Gasteiger partial charge in [0.05, 0.1) is 19.1 Å². The van der Waals surface area contributed by atoms with Crippen molar-refractivity contribution in [3.63, 3.8) is 0 Å². The third-order valence-electron chi connectivity index (χ3n) is 5.62. The fraction of sp³-hybridized carbons (Fsp3) is 0.462. The van der Waals surface area contributed by atoms with Gasteiger partial charge in [-0.15, -0.1) is 0 Å². The normalized spacial score (nSPS) is 12.2. The van der Waals surface area contributed by atoms with Crippen LogP contribution in [-0.4, -0.2) is 57.6 Å². The Hall–Kier alpha value is -3.14. The van der Waals surface area contributed by atoms with Gasteiger partial charge in [0.1, 0.15) is 24.2 Å². The lowest BCUT2D eigenvalue weighted by atomic mass is 10.1. The summed E-state index contributed by atoms with van der Waals surface area (Å²) in [5.74, 6) is -0.818. The van der Waals surface area contributed by atoms with Crippen molar-refractivity contribution in [2.75, 3.05) is 30.8 Å². The molecule has 0 radical (unpaired) electrons. The smallest absolute Gasteiger partial charge is 0.244 e. The number of carbonyl (C=O) groups is 2. The zero-order valence-corrected chi connectivity index (χ0v) is 22.6. The second-order valence-electron chi connectivity index (χ2n) is 9.16. The van der Waals surface area contributed by atoms with E-state index in [1.54, 1.807) is 32.0 Å². The molecule has 2 rings (SSSR count). The third-order valence-corrected chi connectivity index (χ3v) is 6.75. The molecule has 1 N–H and O–H groups in total. The van der Waals surface area contributed by atoms with E-state index in [1.165, 1.54) is 36.3 Å². The number of methoxy groups -OCH3 is 1. The average molecular weight is 522 g/mol. The number of amides is 2. The SMILES string of the molecule is CC[C@@H](C(=O)NCC(C)C)N(Cc1ccc(F)cc1)C(=O)CN(c1cc(C)ccc1OC)S(C)(=O)=O. The van der Waals surface area contributed by atoms with Crippen molar-refractivity contribution in [1.29, 1.82) is 0 Å². The van der Waals surface area contributed by atoms with E-state index >= 15 is 0 Å². The van der Waals surface area contributed by atoms with Gasteiger partial charge < -0.3 is 15.0 Å². The Morgan fingerprint density at radius 1 is 1.11 bits per heavy atom. The summed E-state index contributed by atoms with van der Waals surface area (Å²) < 4.78 is 45.4.